The molecule has 2 aromatic rings. The number of aryl methyl sites for hydroxylation is 1. The van der Waals surface area contributed by atoms with Crippen LogP contribution in [-0.2, 0) is 0 Å². The highest BCUT2D eigenvalue weighted by atomic mass is 32.2. The van der Waals surface area contributed by atoms with Crippen LogP contribution >= 0.6 is 11.8 Å². The highest BCUT2D eigenvalue weighted by Gasteiger charge is 2.02. The molecule has 1 heterocycles. The summed E-state index contributed by atoms with van der Waals surface area (Å²) < 4.78 is 5.57. The number of thioether (sulfide) groups is 1. The van der Waals surface area contributed by atoms with E-state index in [1.54, 1.807) is 24.3 Å². The predicted octanol–water partition coefficient (Wildman–Crippen LogP) is 1.38. The molecule has 0 fully saturated rings. The van der Waals surface area contributed by atoms with Crippen molar-refractivity contribution in [3.63, 3.8) is 0 Å². The fraction of sp³-hybridized carbons (Fsp3) is 0.250. The molecule has 0 aliphatic heterocycles. The zero-order chi connectivity index (χ0) is 14.4. The van der Waals surface area contributed by atoms with E-state index in [0.717, 1.165) is 17.3 Å². The number of nitrogens with zero attached hydrogens (tertiary/aromatic N) is 3. The van der Waals surface area contributed by atoms with Crippen LogP contribution < -0.4 is 10.5 Å². The molecule has 1 aromatic heterocycles. The number of aromatic nitrogens is 3. The van der Waals surface area contributed by atoms with Gasteiger partial charge in [-0.1, -0.05) is 16.9 Å². The molecule has 8 heteroatoms. The molecular weight excluding hydrogens is 278 g/mol. The minimum absolute atomic E-state index is 0.0760. The monoisotopic (exact) mass is 293 g/mol. The van der Waals surface area contributed by atoms with E-state index in [4.69, 9.17) is 15.7 Å². The Morgan fingerprint density at radius 2 is 2.20 bits per heavy atom. The van der Waals surface area contributed by atoms with Crippen molar-refractivity contribution < 1.29 is 9.94 Å². The Morgan fingerprint density at radius 3 is 2.80 bits per heavy atom. The highest BCUT2D eigenvalue weighted by Crippen LogP contribution is 2.15. The van der Waals surface area contributed by atoms with E-state index >= 15 is 0 Å². The molecule has 0 atom stereocenters. The molecule has 0 aliphatic rings. The lowest BCUT2D eigenvalue weighted by atomic mass is 10.2. The summed E-state index contributed by atoms with van der Waals surface area (Å²) in [6.45, 7) is 2.40. The molecule has 0 aliphatic carbocycles. The SMILES string of the molecule is Cc1nc(SCCOc2ccc(/C(N)=N/O)cc2)n[nH]1. The Hall–Kier alpha value is -2.22. The number of amidine groups is 1. The van der Waals surface area contributed by atoms with Gasteiger partial charge in [-0.2, -0.15) is 0 Å². The Morgan fingerprint density at radius 1 is 1.45 bits per heavy atom. The lowest BCUT2D eigenvalue weighted by Gasteiger charge is -2.05. The van der Waals surface area contributed by atoms with E-state index in [2.05, 4.69) is 20.3 Å². The Kier molecular flexibility index (Phi) is 4.83. The summed E-state index contributed by atoms with van der Waals surface area (Å²) in [7, 11) is 0. The van der Waals surface area contributed by atoms with E-state index in [1.165, 1.54) is 11.8 Å². The third-order valence-corrected chi connectivity index (χ3v) is 3.23. The van der Waals surface area contributed by atoms with Crippen molar-refractivity contribution in [2.45, 2.75) is 12.1 Å². The molecule has 106 valence electrons. The zero-order valence-corrected chi connectivity index (χ0v) is 11.7. The number of hydrogen-bond acceptors (Lipinski definition) is 6. The standard InChI is InChI=1S/C12H15N5O2S/c1-8-14-12(16-15-8)20-7-6-19-10-4-2-9(3-5-10)11(13)17-18/h2-5,18H,6-7H2,1H3,(H2,13,17)(H,14,15,16). The summed E-state index contributed by atoms with van der Waals surface area (Å²) in [5.41, 5.74) is 6.12. The van der Waals surface area contributed by atoms with Crippen molar-refractivity contribution in [1.29, 1.82) is 0 Å². The van der Waals surface area contributed by atoms with E-state index < -0.39 is 0 Å². The maximum absolute atomic E-state index is 8.56. The maximum Gasteiger partial charge on any atom is 0.208 e. The number of oxime groups is 1. The second kappa shape index (κ2) is 6.80. The van der Waals surface area contributed by atoms with Crippen LogP contribution in [-0.4, -0.2) is 38.6 Å². The van der Waals surface area contributed by atoms with Gasteiger partial charge in [0.05, 0.1) is 6.61 Å². The number of ether oxygens (including phenoxy) is 1. The summed E-state index contributed by atoms with van der Waals surface area (Å²) in [4.78, 5) is 4.19. The molecule has 1 aromatic carbocycles. The second-order valence-electron chi connectivity index (χ2n) is 3.91. The Balaban J connectivity index is 1.77. The fourth-order valence-corrected chi connectivity index (χ4v) is 2.12. The van der Waals surface area contributed by atoms with Gasteiger partial charge in [0.1, 0.15) is 11.6 Å². The molecule has 0 bridgehead atoms. The van der Waals surface area contributed by atoms with Crippen molar-refractivity contribution >= 4 is 17.6 Å². The van der Waals surface area contributed by atoms with Gasteiger partial charge in [0.15, 0.2) is 5.84 Å². The van der Waals surface area contributed by atoms with Gasteiger partial charge in [-0.3, -0.25) is 5.10 Å². The number of H-pyrrole nitrogens is 1. The third kappa shape index (κ3) is 3.89. The molecular formula is C12H15N5O2S. The minimum atomic E-state index is 0.0760. The summed E-state index contributed by atoms with van der Waals surface area (Å²) in [5.74, 6) is 2.35. The van der Waals surface area contributed by atoms with Crippen LogP contribution in [0.3, 0.4) is 0 Å². The largest absolute Gasteiger partial charge is 0.493 e. The van der Waals surface area contributed by atoms with Gasteiger partial charge in [0, 0.05) is 11.3 Å². The smallest absolute Gasteiger partial charge is 0.208 e. The van der Waals surface area contributed by atoms with Crippen molar-refractivity contribution in [2.24, 2.45) is 10.9 Å². The van der Waals surface area contributed by atoms with Gasteiger partial charge in [-0.25, -0.2) is 4.98 Å². The van der Waals surface area contributed by atoms with Gasteiger partial charge in [0.25, 0.3) is 0 Å². The first kappa shape index (κ1) is 14.2. The first-order chi connectivity index (χ1) is 9.69. The summed E-state index contributed by atoms with van der Waals surface area (Å²) in [5, 5.41) is 19.0. The first-order valence-electron chi connectivity index (χ1n) is 5.91. The molecule has 4 N–H and O–H groups in total. The molecule has 0 amide bonds. The van der Waals surface area contributed by atoms with Gasteiger partial charge in [-0.15, -0.1) is 5.10 Å². The molecule has 7 nitrogen and oxygen atoms in total. The molecule has 0 saturated carbocycles. The van der Waals surface area contributed by atoms with Crippen LogP contribution in [0.15, 0.2) is 34.6 Å². The highest BCUT2D eigenvalue weighted by molar-refractivity contribution is 7.99. The summed E-state index contributed by atoms with van der Waals surface area (Å²) >= 11 is 1.52. The van der Waals surface area contributed by atoms with Crippen molar-refractivity contribution in [3.8, 4) is 5.75 Å². The maximum atomic E-state index is 8.56. The van der Waals surface area contributed by atoms with Crippen LogP contribution in [0, 0.1) is 6.92 Å². The van der Waals surface area contributed by atoms with Crippen molar-refractivity contribution in [2.75, 3.05) is 12.4 Å². The minimum Gasteiger partial charge on any atom is -0.493 e. The third-order valence-electron chi connectivity index (χ3n) is 2.42. The lowest BCUT2D eigenvalue weighted by molar-refractivity contribution is 0.318. The van der Waals surface area contributed by atoms with Crippen molar-refractivity contribution in [1.82, 2.24) is 15.2 Å². The topological polar surface area (TPSA) is 109 Å². The lowest BCUT2D eigenvalue weighted by Crippen LogP contribution is -2.12. The average Bonchev–Trinajstić information content (AvgIpc) is 2.89. The summed E-state index contributed by atoms with van der Waals surface area (Å²) in [6, 6.07) is 7.01. The molecule has 0 spiro atoms. The van der Waals surface area contributed by atoms with Gasteiger partial charge in [0.2, 0.25) is 5.16 Å². The Bertz CT molecular complexity index is 582. The van der Waals surface area contributed by atoms with Gasteiger partial charge >= 0.3 is 0 Å². The zero-order valence-electron chi connectivity index (χ0n) is 10.9. The van der Waals surface area contributed by atoms with E-state index in [0.29, 0.717) is 17.3 Å². The van der Waals surface area contributed by atoms with Crippen molar-refractivity contribution in [3.05, 3.63) is 35.7 Å². The number of aromatic amines is 1. The number of benzene rings is 1. The van der Waals surface area contributed by atoms with E-state index in [-0.39, 0.29) is 5.84 Å². The Labute approximate surface area is 120 Å². The number of nitrogens with two attached hydrogens (primary N) is 1. The number of hydrogen-bond donors (Lipinski definition) is 3. The van der Waals surface area contributed by atoms with Gasteiger partial charge in [-0.05, 0) is 31.2 Å². The normalized spacial score (nSPS) is 11.6. The molecule has 0 radical (unpaired) electrons. The molecule has 0 unspecified atom stereocenters. The molecule has 2 rings (SSSR count). The number of rotatable bonds is 6. The molecule has 0 saturated heterocycles. The number of nitrogens with one attached hydrogen (secondary N) is 1. The van der Waals surface area contributed by atoms with Crippen LogP contribution in [0.2, 0.25) is 0 Å². The predicted molar refractivity (Wildman–Crippen MR) is 76.3 cm³/mol. The summed E-state index contributed by atoms with van der Waals surface area (Å²) in [6.07, 6.45) is 0. The molecule has 20 heavy (non-hydrogen) atoms. The van der Waals surface area contributed by atoms with Gasteiger partial charge < -0.3 is 15.7 Å². The quantitative estimate of drug-likeness (QED) is 0.185. The van der Waals surface area contributed by atoms with E-state index in [9.17, 15) is 0 Å². The van der Waals surface area contributed by atoms with Crippen LogP contribution in [0.25, 0.3) is 0 Å². The van der Waals surface area contributed by atoms with Crippen LogP contribution in [0.4, 0.5) is 0 Å². The fourth-order valence-electron chi connectivity index (χ4n) is 1.46. The van der Waals surface area contributed by atoms with Crippen LogP contribution in [0.1, 0.15) is 11.4 Å². The average molecular weight is 293 g/mol. The second-order valence-corrected chi connectivity index (χ2v) is 4.97. The van der Waals surface area contributed by atoms with E-state index in [1.807, 2.05) is 6.92 Å². The first-order valence-corrected chi connectivity index (χ1v) is 6.90. The van der Waals surface area contributed by atoms with Crippen LogP contribution in [0.5, 0.6) is 5.75 Å².